The van der Waals surface area contributed by atoms with Gasteiger partial charge < -0.3 is 4.98 Å². The number of allylic oxidation sites excluding steroid dienone is 1. The number of aryl methyl sites for hydroxylation is 2. The molecule has 0 unspecified atom stereocenters. The first kappa shape index (κ1) is 7.13. The first-order chi connectivity index (χ1) is 4.74. The molecular weight excluding hydrogens is 122 g/mol. The predicted molar refractivity (Wildman–Crippen MR) is 44.2 cm³/mol. The zero-order chi connectivity index (χ0) is 7.56. The van der Waals surface area contributed by atoms with Gasteiger partial charge in [-0.2, -0.15) is 0 Å². The van der Waals surface area contributed by atoms with Crippen molar-refractivity contribution in [3.8, 4) is 0 Å². The third-order valence-electron chi connectivity index (χ3n) is 1.69. The summed E-state index contributed by atoms with van der Waals surface area (Å²) in [6.45, 7) is 7.87. The van der Waals surface area contributed by atoms with Crippen LogP contribution in [0.25, 0.3) is 0 Å². The van der Waals surface area contributed by atoms with E-state index < -0.39 is 0 Å². The second kappa shape index (κ2) is 2.74. The maximum absolute atomic E-state index is 3.67. The minimum atomic E-state index is 0.939. The molecule has 1 heteroatoms. The average molecular weight is 135 g/mol. The molecule has 0 aliphatic carbocycles. The summed E-state index contributed by atoms with van der Waals surface area (Å²) in [5.41, 5.74) is 3.85. The molecule has 1 nitrogen and oxygen atoms in total. The molecule has 0 aliphatic rings. The number of hydrogen-bond donors (Lipinski definition) is 1. The SMILES string of the molecule is C=CCc1cc(C)c(C)[nH]1. The molecular formula is C9H13N. The second-order valence-electron chi connectivity index (χ2n) is 2.60. The third kappa shape index (κ3) is 1.29. The summed E-state index contributed by atoms with van der Waals surface area (Å²) in [7, 11) is 0. The molecule has 1 rings (SSSR count). The Balaban J connectivity index is 2.86. The molecule has 0 aliphatic heterocycles. The monoisotopic (exact) mass is 135 g/mol. The van der Waals surface area contributed by atoms with Gasteiger partial charge in [0.25, 0.3) is 0 Å². The highest BCUT2D eigenvalue weighted by Gasteiger charge is 1.96. The van der Waals surface area contributed by atoms with E-state index in [0.717, 1.165) is 6.42 Å². The van der Waals surface area contributed by atoms with E-state index in [1.54, 1.807) is 0 Å². The fourth-order valence-electron chi connectivity index (χ4n) is 1.01. The van der Waals surface area contributed by atoms with Crippen LogP contribution in [0.1, 0.15) is 17.0 Å². The molecule has 1 heterocycles. The minimum absolute atomic E-state index is 0.939. The first-order valence-electron chi connectivity index (χ1n) is 3.50. The highest BCUT2D eigenvalue weighted by atomic mass is 14.7. The standard InChI is InChI=1S/C9H13N/c1-4-5-9-6-7(2)8(3)10-9/h4,6,10H,1,5H2,2-3H3. The van der Waals surface area contributed by atoms with Crippen LogP contribution < -0.4 is 0 Å². The van der Waals surface area contributed by atoms with Gasteiger partial charge in [0.05, 0.1) is 0 Å². The van der Waals surface area contributed by atoms with E-state index in [1.807, 2.05) is 6.08 Å². The molecule has 0 bridgehead atoms. The van der Waals surface area contributed by atoms with Gasteiger partial charge in [-0.3, -0.25) is 0 Å². The van der Waals surface area contributed by atoms with Crippen molar-refractivity contribution in [2.45, 2.75) is 20.3 Å². The van der Waals surface area contributed by atoms with Crippen LogP contribution in [-0.2, 0) is 6.42 Å². The Morgan fingerprint density at radius 2 is 2.30 bits per heavy atom. The van der Waals surface area contributed by atoms with Crippen LogP contribution in [-0.4, -0.2) is 4.98 Å². The Morgan fingerprint density at radius 3 is 2.70 bits per heavy atom. The molecule has 0 fully saturated rings. The topological polar surface area (TPSA) is 15.8 Å². The zero-order valence-corrected chi connectivity index (χ0v) is 6.57. The van der Waals surface area contributed by atoms with Crippen molar-refractivity contribution >= 4 is 0 Å². The van der Waals surface area contributed by atoms with Crippen LogP contribution in [0.2, 0.25) is 0 Å². The summed E-state index contributed by atoms with van der Waals surface area (Å²) in [5, 5.41) is 0. The van der Waals surface area contributed by atoms with E-state index in [1.165, 1.54) is 17.0 Å². The Morgan fingerprint density at radius 1 is 1.60 bits per heavy atom. The van der Waals surface area contributed by atoms with Gasteiger partial charge in [0, 0.05) is 17.8 Å². The van der Waals surface area contributed by atoms with Crippen molar-refractivity contribution in [2.75, 3.05) is 0 Å². The minimum Gasteiger partial charge on any atom is -0.362 e. The van der Waals surface area contributed by atoms with E-state index in [-0.39, 0.29) is 0 Å². The van der Waals surface area contributed by atoms with Gasteiger partial charge in [-0.25, -0.2) is 0 Å². The van der Waals surface area contributed by atoms with E-state index >= 15 is 0 Å². The normalized spacial score (nSPS) is 9.80. The van der Waals surface area contributed by atoms with Crippen LogP contribution in [0.4, 0.5) is 0 Å². The number of rotatable bonds is 2. The summed E-state index contributed by atoms with van der Waals surface area (Å²) < 4.78 is 0. The van der Waals surface area contributed by atoms with Crippen molar-refractivity contribution in [3.05, 3.63) is 35.7 Å². The van der Waals surface area contributed by atoms with Gasteiger partial charge in [0.2, 0.25) is 0 Å². The quantitative estimate of drug-likeness (QED) is 0.599. The largest absolute Gasteiger partial charge is 0.362 e. The van der Waals surface area contributed by atoms with Crippen LogP contribution >= 0.6 is 0 Å². The zero-order valence-electron chi connectivity index (χ0n) is 6.57. The van der Waals surface area contributed by atoms with Crippen molar-refractivity contribution < 1.29 is 0 Å². The molecule has 10 heavy (non-hydrogen) atoms. The van der Waals surface area contributed by atoms with Crippen molar-refractivity contribution in [1.29, 1.82) is 0 Å². The van der Waals surface area contributed by atoms with E-state index in [0.29, 0.717) is 0 Å². The molecule has 0 spiro atoms. The summed E-state index contributed by atoms with van der Waals surface area (Å²) in [5.74, 6) is 0. The molecule has 0 saturated carbocycles. The molecule has 1 N–H and O–H groups in total. The van der Waals surface area contributed by atoms with E-state index in [2.05, 4.69) is 31.5 Å². The number of aromatic amines is 1. The summed E-state index contributed by atoms with van der Waals surface area (Å²) >= 11 is 0. The Hall–Kier alpha value is -0.980. The predicted octanol–water partition coefficient (Wildman–Crippen LogP) is 2.36. The number of nitrogens with one attached hydrogen (secondary N) is 1. The van der Waals surface area contributed by atoms with Crippen LogP contribution in [0.15, 0.2) is 18.7 Å². The van der Waals surface area contributed by atoms with Crippen molar-refractivity contribution in [1.82, 2.24) is 4.98 Å². The lowest BCUT2D eigenvalue weighted by Gasteiger charge is -1.86. The summed E-state index contributed by atoms with van der Waals surface area (Å²) in [6, 6.07) is 2.16. The molecule has 0 radical (unpaired) electrons. The lowest BCUT2D eigenvalue weighted by atomic mass is 10.2. The first-order valence-corrected chi connectivity index (χ1v) is 3.50. The fraction of sp³-hybridized carbons (Fsp3) is 0.333. The van der Waals surface area contributed by atoms with E-state index in [9.17, 15) is 0 Å². The smallest absolute Gasteiger partial charge is 0.0190 e. The number of hydrogen-bond acceptors (Lipinski definition) is 0. The lowest BCUT2D eigenvalue weighted by Crippen LogP contribution is -1.78. The van der Waals surface area contributed by atoms with Crippen LogP contribution in [0.5, 0.6) is 0 Å². The van der Waals surface area contributed by atoms with Crippen molar-refractivity contribution in [2.24, 2.45) is 0 Å². The Kier molecular flexibility index (Phi) is 1.95. The molecule has 1 aromatic heterocycles. The third-order valence-corrected chi connectivity index (χ3v) is 1.69. The molecule has 0 aromatic carbocycles. The maximum Gasteiger partial charge on any atom is 0.0190 e. The number of aromatic nitrogens is 1. The average Bonchev–Trinajstić information content (AvgIpc) is 2.14. The lowest BCUT2D eigenvalue weighted by molar-refractivity contribution is 1.11. The molecule has 0 amide bonds. The molecule has 1 aromatic rings. The summed E-state index contributed by atoms with van der Waals surface area (Å²) in [4.78, 5) is 3.27. The van der Waals surface area contributed by atoms with Gasteiger partial charge in [-0.1, -0.05) is 6.08 Å². The van der Waals surface area contributed by atoms with Crippen LogP contribution in [0.3, 0.4) is 0 Å². The van der Waals surface area contributed by atoms with Gasteiger partial charge in [0.1, 0.15) is 0 Å². The Bertz CT molecular complexity index is 213. The summed E-state index contributed by atoms with van der Waals surface area (Å²) in [6.07, 6.45) is 2.85. The van der Waals surface area contributed by atoms with Crippen LogP contribution in [0, 0.1) is 13.8 Å². The van der Waals surface area contributed by atoms with Gasteiger partial charge in [-0.05, 0) is 25.5 Å². The van der Waals surface area contributed by atoms with E-state index in [4.69, 9.17) is 0 Å². The highest BCUT2D eigenvalue weighted by Crippen LogP contribution is 2.08. The fourth-order valence-corrected chi connectivity index (χ4v) is 1.01. The van der Waals surface area contributed by atoms with Crippen molar-refractivity contribution in [3.63, 3.8) is 0 Å². The number of H-pyrrole nitrogens is 1. The van der Waals surface area contributed by atoms with Gasteiger partial charge in [-0.15, -0.1) is 6.58 Å². The van der Waals surface area contributed by atoms with Gasteiger partial charge >= 0.3 is 0 Å². The Labute approximate surface area is 61.8 Å². The second-order valence-corrected chi connectivity index (χ2v) is 2.60. The molecule has 54 valence electrons. The molecule has 0 atom stereocenters. The maximum atomic E-state index is 3.67. The molecule has 0 saturated heterocycles. The highest BCUT2D eigenvalue weighted by molar-refractivity contribution is 5.24. The van der Waals surface area contributed by atoms with Gasteiger partial charge in [0.15, 0.2) is 0 Å².